The quantitative estimate of drug-likeness (QED) is 0.608. The fourth-order valence-corrected chi connectivity index (χ4v) is 2.66. The van der Waals surface area contributed by atoms with Crippen molar-refractivity contribution < 1.29 is 33.9 Å². The van der Waals surface area contributed by atoms with Crippen molar-refractivity contribution in [2.24, 2.45) is 0 Å². The van der Waals surface area contributed by atoms with Crippen LogP contribution in [0.1, 0.15) is 0 Å². The molecule has 0 aliphatic rings. The van der Waals surface area contributed by atoms with Crippen LogP contribution in [0, 0.1) is 0 Å². The first kappa shape index (κ1) is 17.3. The van der Waals surface area contributed by atoms with Crippen LogP contribution in [-0.2, 0) is 0 Å². The molecular weight excluding hydrogens is 344 g/mol. The molecule has 2 aromatic carbocycles. The minimum Gasteiger partial charge on any atom is -0.504 e. The highest BCUT2D eigenvalue weighted by Gasteiger charge is 2.25. The minimum atomic E-state index is -0.666. The van der Waals surface area contributed by atoms with Crippen LogP contribution in [-0.4, -0.2) is 36.6 Å². The van der Waals surface area contributed by atoms with Crippen molar-refractivity contribution in [3.05, 3.63) is 34.5 Å². The molecule has 1 aromatic heterocycles. The van der Waals surface area contributed by atoms with E-state index < -0.39 is 16.9 Å². The molecule has 1 heterocycles. The molecule has 136 valence electrons. The van der Waals surface area contributed by atoms with Gasteiger partial charge in [-0.2, -0.15) is 0 Å². The van der Waals surface area contributed by atoms with Crippen molar-refractivity contribution in [3.63, 3.8) is 0 Å². The number of phenolic OH excluding ortho intramolecular Hbond substituents is 3. The lowest BCUT2D eigenvalue weighted by Crippen LogP contribution is -2.03. The van der Waals surface area contributed by atoms with Crippen LogP contribution in [0.15, 0.2) is 33.5 Å². The zero-order valence-corrected chi connectivity index (χ0v) is 14.2. The smallest absolute Gasteiger partial charge is 0.211 e. The van der Waals surface area contributed by atoms with Gasteiger partial charge < -0.3 is 33.9 Å². The zero-order chi connectivity index (χ0) is 19.0. The lowest BCUT2D eigenvalue weighted by molar-refractivity contribution is 0.321. The number of phenols is 3. The van der Waals surface area contributed by atoms with E-state index in [1.807, 2.05) is 0 Å². The van der Waals surface area contributed by atoms with Gasteiger partial charge in [0.2, 0.25) is 17.2 Å². The number of rotatable bonds is 4. The molecule has 0 saturated carbocycles. The van der Waals surface area contributed by atoms with E-state index in [1.54, 1.807) is 0 Å². The first-order valence-corrected chi connectivity index (χ1v) is 7.44. The van der Waals surface area contributed by atoms with E-state index >= 15 is 0 Å². The molecule has 8 heteroatoms. The Bertz CT molecular complexity index is 1050. The van der Waals surface area contributed by atoms with Gasteiger partial charge in [-0.1, -0.05) is 0 Å². The second-order valence-electron chi connectivity index (χ2n) is 5.33. The highest BCUT2D eigenvalue weighted by Crippen LogP contribution is 2.49. The maximum absolute atomic E-state index is 12.5. The molecular formula is C18H16O8. The van der Waals surface area contributed by atoms with Crippen LogP contribution in [0.25, 0.3) is 22.3 Å². The molecule has 8 nitrogen and oxygen atoms in total. The third-order valence-electron chi connectivity index (χ3n) is 3.91. The van der Waals surface area contributed by atoms with Crippen LogP contribution in [0.4, 0.5) is 0 Å². The molecule has 0 atom stereocenters. The molecule has 3 rings (SSSR count). The molecule has 0 aliphatic carbocycles. The lowest BCUT2D eigenvalue weighted by atomic mass is 10.1. The van der Waals surface area contributed by atoms with Gasteiger partial charge >= 0.3 is 0 Å². The van der Waals surface area contributed by atoms with Crippen molar-refractivity contribution in [2.75, 3.05) is 21.3 Å². The third-order valence-corrected chi connectivity index (χ3v) is 3.91. The average Bonchev–Trinajstić information content (AvgIpc) is 2.64. The molecule has 0 amide bonds. The fraction of sp³-hybridized carbons (Fsp3) is 0.167. The summed E-state index contributed by atoms with van der Waals surface area (Å²) >= 11 is 0. The summed E-state index contributed by atoms with van der Waals surface area (Å²) in [6.07, 6.45) is 0. The van der Waals surface area contributed by atoms with Crippen molar-refractivity contribution in [3.8, 4) is 45.8 Å². The van der Waals surface area contributed by atoms with E-state index in [-0.39, 0.29) is 39.7 Å². The highest BCUT2D eigenvalue weighted by molar-refractivity contribution is 5.95. The Kier molecular flexibility index (Phi) is 4.25. The minimum absolute atomic E-state index is 0.0394. The van der Waals surface area contributed by atoms with Gasteiger partial charge in [0.05, 0.1) is 21.3 Å². The van der Waals surface area contributed by atoms with Gasteiger partial charge in [0, 0.05) is 11.6 Å². The molecule has 0 unspecified atom stereocenters. The Balaban J connectivity index is 2.38. The molecule has 3 N–H and O–H groups in total. The number of hydrogen-bond donors (Lipinski definition) is 3. The van der Waals surface area contributed by atoms with Crippen molar-refractivity contribution >= 4 is 11.0 Å². The molecule has 3 aromatic rings. The van der Waals surface area contributed by atoms with Crippen LogP contribution in [0.5, 0.6) is 34.5 Å². The summed E-state index contributed by atoms with van der Waals surface area (Å²) in [5.74, 6) is -1.22. The maximum Gasteiger partial charge on any atom is 0.211 e. The van der Waals surface area contributed by atoms with Crippen LogP contribution in [0.3, 0.4) is 0 Å². The molecule has 0 saturated heterocycles. The third kappa shape index (κ3) is 2.52. The van der Waals surface area contributed by atoms with Crippen LogP contribution >= 0.6 is 0 Å². The predicted octanol–water partition coefficient (Wildman–Crippen LogP) is 2.60. The second-order valence-corrected chi connectivity index (χ2v) is 5.33. The number of hydrogen-bond acceptors (Lipinski definition) is 8. The summed E-state index contributed by atoms with van der Waals surface area (Å²) in [6.45, 7) is 0. The number of methoxy groups -OCH3 is 3. The van der Waals surface area contributed by atoms with Crippen molar-refractivity contribution in [2.45, 2.75) is 0 Å². The second kappa shape index (κ2) is 6.40. The Morgan fingerprint density at radius 2 is 1.58 bits per heavy atom. The zero-order valence-electron chi connectivity index (χ0n) is 14.2. The van der Waals surface area contributed by atoms with E-state index in [9.17, 15) is 20.1 Å². The summed E-state index contributed by atoms with van der Waals surface area (Å²) in [6, 6.07) is 5.57. The van der Waals surface area contributed by atoms with Gasteiger partial charge in [-0.05, 0) is 18.2 Å². The topological polar surface area (TPSA) is 119 Å². The van der Waals surface area contributed by atoms with Gasteiger partial charge in [0.1, 0.15) is 11.1 Å². The SMILES string of the molecule is COc1cc(-c2cc(=O)c3c(O)c(O)c(OC)c(OC)c3o2)ccc1O. The van der Waals surface area contributed by atoms with Crippen LogP contribution in [0.2, 0.25) is 0 Å². The van der Waals surface area contributed by atoms with Gasteiger partial charge in [-0.15, -0.1) is 0 Å². The normalized spacial score (nSPS) is 10.7. The Hall–Kier alpha value is -3.55. The Morgan fingerprint density at radius 3 is 2.19 bits per heavy atom. The lowest BCUT2D eigenvalue weighted by Gasteiger charge is -2.14. The fourth-order valence-electron chi connectivity index (χ4n) is 2.66. The Labute approximate surface area is 147 Å². The highest BCUT2D eigenvalue weighted by atomic mass is 16.5. The molecule has 0 bridgehead atoms. The Morgan fingerprint density at radius 1 is 0.885 bits per heavy atom. The molecule has 0 radical (unpaired) electrons. The summed E-state index contributed by atoms with van der Waals surface area (Å²) in [4.78, 5) is 12.5. The van der Waals surface area contributed by atoms with E-state index in [2.05, 4.69) is 0 Å². The average molecular weight is 360 g/mol. The molecule has 0 fully saturated rings. The summed E-state index contributed by atoms with van der Waals surface area (Å²) in [5.41, 5.74) is -0.233. The predicted molar refractivity (Wildman–Crippen MR) is 92.6 cm³/mol. The number of fused-ring (bicyclic) bond motifs is 1. The summed E-state index contributed by atoms with van der Waals surface area (Å²) in [5, 5.41) is 29.7. The molecule has 26 heavy (non-hydrogen) atoms. The summed E-state index contributed by atoms with van der Waals surface area (Å²) < 4.78 is 21.1. The van der Waals surface area contributed by atoms with Gasteiger partial charge in [0.15, 0.2) is 28.3 Å². The van der Waals surface area contributed by atoms with Crippen molar-refractivity contribution in [1.29, 1.82) is 0 Å². The number of ether oxygens (including phenoxy) is 3. The van der Waals surface area contributed by atoms with E-state index in [0.717, 1.165) is 6.07 Å². The van der Waals surface area contributed by atoms with Gasteiger partial charge in [0.25, 0.3) is 0 Å². The molecule has 0 spiro atoms. The van der Waals surface area contributed by atoms with E-state index in [0.29, 0.717) is 5.56 Å². The van der Waals surface area contributed by atoms with Gasteiger partial charge in [-0.3, -0.25) is 4.79 Å². The largest absolute Gasteiger partial charge is 0.504 e. The maximum atomic E-state index is 12.5. The standard InChI is InChI=1S/C18H16O8/c1-23-12-6-8(4-5-9(12)19)11-7-10(20)13-14(21)15(22)17(24-2)18(25-3)16(13)26-11/h4-7,19,21-22H,1-3H3. The van der Waals surface area contributed by atoms with Gasteiger partial charge in [-0.25, -0.2) is 0 Å². The first-order chi connectivity index (χ1) is 12.4. The number of aromatic hydroxyl groups is 3. The van der Waals surface area contributed by atoms with Crippen LogP contribution < -0.4 is 19.6 Å². The van der Waals surface area contributed by atoms with E-state index in [4.69, 9.17) is 18.6 Å². The monoisotopic (exact) mass is 360 g/mol. The first-order valence-electron chi connectivity index (χ1n) is 7.44. The summed E-state index contributed by atoms with van der Waals surface area (Å²) in [7, 11) is 3.98. The van der Waals surface area contributed by atoms with Crippen molar-refractivity contribution in [1.82, 2.24) is 0 Å². The molecule has 0 aliphatic heterocycles. The number of benzene rings is 2. The van der Waals surface area contributed by atoms with E-state index in [1.165, 1.54) is 39.5 Å².